The second-order valence-corrected chi connectivity index (χ2v) is 8.77. The number of anilines is 1. The lowest BCUT2D eigenvalue weighted by molar-refractivity contribution is 0.600. The normalized spacial score (nSPS) is 11.6. The maximum absolute atomic E-state index is 12.6. The van der Waals surface area contributed by atoms with Gasteiger partial charge in [0.2, 0.25) is 10.0 Å². The SMILES string of the molecule is Cc1ccc(-c2cn3ccccc3n2)cc1NS(=O)(=O)Cc1ccc(Cl)cc1. The van der Waals surface area contributed by atoms with Gasteiger partial charge in [-0.3, -0.25) is 4.72 Å². The molecule has 0 radical (unpaired) electrons. The predicted octanol–water partition coefficient (Wildman–Crippen LogP) is 4.91. The van der Waals surface area contributed by atoms with Crippen LogP contribution >= 0.6 is 11.6 Å². The number of aromatic nitrogens is 2. The van der Waals surface area contributed by atoms with Crippen molar-refractivity contribution >= 4 is 33.0 Å². The molecular formula is C21H18ClN3O2S. The number of rotatable bonds is 5. The summed E-state index contributed by atoms with van der Waals surface area (Å²) < 4.78 is 29.9. The lowest BCUT2D eigenvalue weighted by atomic mass is 10.1. The van der Waals surface area contributed by atoms with E-state index in [1.54, 1.807) is 24.3 Å². The number of nitrogens with one attached hydrogen (secondary N) is 1. The summed E-state index contributed by atoms with van der Waals surface area (Å²) >= 11 is 5.87. The summed E-state index contributed by atoms with van der Waals surface area (Å²) in [6.45, 7) is 1.87. The zero-order valence-electron chi connectivity index (χ0n) is 15.1. The summed E-state index contributed by atoms with van der Waals surface area (Å²) in [6, 6.07) is 18.2. The van der Waals surface area contributed by atoms with Crippen LogP contribution in [0.15, 0.2) is 73.1 Å². The number of imidazole rings is 1. The molecule has 2 aromatic carbocycles. The van der Waals surface area contributed by atoms with Gasteiger partial charge in [-0.1, -0.05) is 41.9 Å². The van der Waals surface area contributed by atoms with Crippen LogP contribution in [0.25, 0.3) is 16.9 Å². The highest BCUT2D eigenvalue weighted by Gasteiger charge is 2.14. The fourth-order valence-electron chi connectivity index (χ4n) is 2.97. The quantitative estimate of drug-likeness (QED) is 0.507. The zero-order chi connectivity index (χ0) is 19.7. The van der Waals surface area contributed by atoms with Gasteiger partial charge in [0.25, 0.3) is 0 Å². The Labute approximate surface area is 168 Å². The predicted molar refractivity (Wildman–Crippen MR) is 113 cm³/mol. The van der Waals surface area contributed by atoms with Crippen molar-refractivity contribution in [1.29, 1.82) is 0 Å². The number of fused-ring (bicyclic) bond motifs is 1. The summed E-state index contributed by atoms with van der Waals surface area (Å²) in [5, 5.41) is 0.574. The third kappa shape index (κ3) is 4.03. The van der Waals surface area contributed by atoms with Crippen molar-refractivity contribution in [3.63, 3.8) is 0 Å². The first-order valence-electron chi connectivity index (χ1n) is 8.69. The van der Waals surface area contributed by atoms with E-state index in [0.29, 0.717) is 16.3 Å². The molecule has 0 spiro atoms. The number of benzene rings is 2. The molecule has 0 saturated heterocycles. The van der Waals surface area contributed by atoms with Gasteiger partial charge in [0.1, 0.15) is 5.65 Å². The molecule has 0 atom stereocenters. The standard InChI is InChI=1S/C21H18ClN3O2S/c1-15-5-8-17(20-13-25-11-3-2-4-21(25)23-20)12-19(15)24-28(26,27)14-16-6-9-18(22)10-7-16/h2-13,24H,14H2,1H3. The summed E-state index contributed by atoms with van der Waals surface area (Å²) in [5.74, 6) is -0.123. The van der Waals surface area contributed by atoms with Gasteiger partial charge < -0.3 is 4.40 Å². The average Bonchev–Trinajstić information content (AvgIpc) is 3.09. The number of pyridine rings is 1. The molecule has 0 saturated carbocycles. The van der Waals surface area contributed by atoms with E-state index in [2.05, 4.69) is 9.71 Å². The number of nitrogens with zero attached hydrogens (tertiary/aromatic N) is 2. The molecule has 4 aromatic rings. The molecule has 0 amide bonds. The van der Waals surface area contributed by atoms with E-state index in [-0.39, 0.29) is 5.75 Å². The summed E-state index contributed by atoms with van der Waals surface area (Å²) in [5.41, 5.74) is 4.52. The molecule has 2 aromatic heterocycles. The number of sulfonamides is 1. The van der Waals surface area contributed by atoms with Crippen molar-refractivity contribution < 1.29 is 8.42 Å². The second-order valence-electron chi connectivity index (χ2n) is 6.61. The highest BCUT2D eigenvalue weighted by Crippen LogP contribution is 2.26. The minimum Gasteiger partial charge on any atom is -0.306 e. The Hall–Kier alpha value is -2.83. The maximum Gasteiger partial charge on any atom is 0.236 e. The highest BCUT2D eigenvalue weighted by atomic mass is 35.5. The van der Waals surface area contributed by atoms with Crippen LogP contribution in [0.4, 0.5) is 5.69 Å². The maximum atomic E-state index is 12.6. The summed E-state index contributed by atoms with van der Waals surface area (Å²) in [6.07, 6.45) is 3.85. The van der Waals surface area contributed by atoms with Gasteiger partial charge in [0.05, 0.1) is 17.1 Å². The molecule has 142 valence electrons. The van der Waals surface area contributed by atoms with E-state index in [0.717, 1.165) is 22.5 Å². The van der Waals surface area contributed by atoms with Crippen molar-refractivity contribution in [3.8, 4) is 11.3 Å². The van der Waals surface area contributed by atoms with E-state index in [1.807, 2.05) is 60.1 Å². The molecule has 0 fully saturated rings. The van der Waals surface area contributed by atoms with E-state index < -0.39 is 10.0 Å². The molecule has 0 bridgehead atoms. The van der Waals surface area contributed by atoms with Crippen LogP contribution in [0, 0.1) is 6.92 Å². The molecule has 4 rings (SSSR count). The topological polar surface area (TPSA) is 63.5 Å². The van der Waals surface area contributed by atoms with Crippen LogP contribution in [0.1, 0.15) is 11.1 Å². The third-order valence-electron chi connectivity index (χ3n) is 4.43. The van der Waals surface area contributed by atoms with Crippen LogP contribution in [0.3, 0.4) is 0 Å². The Morgan fingerprint density at radius 3 is 2.61 bits per heavy atom. The van der Waals surface area contributed by atoms with E-state index in [1.165, 1.54) is 0 Å². The smallest absolute Gasteiger partial charge is 0.236 e. The molecule has 1 N–H and O–H groups in total. The van der Waals surface area contributed by atoms with Crippen LogP contribution in [0.2, 0.25) is 5.02 Å². The van der Waals surface area contributed by atoms with Crippen molar-refractivity contribution in [2.75, 3.05) is 4.72 Å². The molecular weight excluding hydrogens is 394 g/mol. The summed E-state index contributed by atoms with van der Waals surface area (Å²) in [7, 11) is -3.57. The molecule has 0 aliphatic heterocycles. The van der Waals surface area contributed by atoms with Crippen molar-refractivity contribution in [3.05, 3.63) is 89.2 Å². The molecule has 7 heteroatoms. The van der Waals surface area contributed by atoms with Gasteiger partial charge in [-0.2, -0.15) is 0 Å². The number of halogens is 1. The van der Waals surface area contributed by atoms with Crippen molar-refractivity contribution in [2.45, 2.75) is 12.7 Å². The zero-order valence-corrected chi connectivity index (χ0v) is 16.7. The monoisotopic (exact) mass is 411 g/mol. The van der Waals surface area contributed by atoms with Crippen LogP contribution in [-0.4, -0.2) is 17.8 Å². The number of aryl methyl sites for hydroxylation is 1. The first-order valence-corrected chi connectivity index (χ1v) is 10.7. The molecule has 0 aliphatic rings. The fraction of sp³-hybridized carbons (Fsp3) is 0.0952. The fourth-order valence-corrected chi connectivity index (χ4v) is 4.35. The van der Waals surface area contributed by atoms with Gasteiger partial charge in [-0.15, -0.1) is 0 Å². The molecule has 28 heavy (non-hydrogen) atoms. The third-order valence-corrected chi connectivity index (χ3v) is 5.93. The Morgan fingerprint density at radius 1 is 1.07 bits per heavy atom. The second kappa shape index (κ2) is 7.30. The highest BCUT2D eigenvalue weighted by molar-refractivity contribution is 7.91. The van der Waals surface area contributed by atoms with Crippen LogP contribution < -0.4 is 4.72 Å². The summed E-state index contributed by atoms with van der Waals surface area (Å²) in [4.78, 5) is 4.60. The van der Waals surface area contributed by atoms with Gasteiger partial charge in [0.15, 0.2) is 0 Å². The largest absolute Gasteiger partial charge is 0.306 e. The molecule has 0 aliphatic carbocycles. The Morgan fingerprint density at radius 2 is 1.86 bits per heavy atom. The van der Waals surface area contributed by atoms with Gasteiger partial charge >= 0.3 is 0 Å². The minimum absolute atomic E-state index is 0.123. The van der Waals surface area contributed by atoms with E-state index in [9.17, 15) is 8.42 Å². The van der Waals surface area contributed by atoms with Gasteiger partial charge in [-0.25, -0.2) is 13.4 Å². The van der Waals surface area contributed by atoms with Gasteiger partial charge in [0, 0.05) is 23.0 Å². The lowest BCUT2D eigenvalue weighted by Crippen LogP contribution is -2.15. The van der Waals surface area contributed by atoms with E-state index in [4.69, 9.17) is 11.6 Å². The number of hydrogen-bond donors (Lipinski definition) is 1. The minimum atomic E-state index is -3.57. The first-order chi connectivity index (χ1) is 13.4. The first kappa shape index (κ1) is 18.5. The Kier molecular flexibility index (Phi) is 4.83. The average molecular weight is 412 g/mol. The Bertz CT molecular complexity index is 1220. The van der Waals surface area contributed by atoms with Gasteiger partial charge in [-0.05, 0) is 48.4 Å². The van der Waals surface area contributed by atoms with E-state index >= 15 is 0 Å². The Balaban J connectivity index is 1.62. The van der Waals surface area contributed by atoms with Crippen molar-refractivity contribution in [1.82, 2.24) is 9.38 Å². The number of hydrogen-bond acceptors (Lipinski definition) is 3. The molecule has 5 nitrogen and oxygen atoms in total. The lowest BCUT2D eigenvalue weighted by Gasteiger charge is -2.12. The van der Waals surface area contributed by atoms with Crippen molar-refractivity contribution in [2.24, 2.45) is 0 Å². The van der Waals surface area contributed by atoms with Crippen LogP contribution in [0.5, 0.6) is 0 Å². The van der Waals surface area contributed by atoms with Crippen LogP contribution in [-0.2, 0) is 15.8 Å². The molecule has 0 unspecified atom stereocenters. The molecule has 2 heterocycles.